The third-order valence-electron chi connectivity index (χ3n) is 4.74. The second kappa shape index (κ2) is 5.84. The van der Waals surface area contributed by atoms with Crippen LogP contribution in [0.5, 0.6) is 0 Å². The van der Waals surface area contributed by atoms with Crippen LogP contribution < -0.4 is 10.9 Å². The van der Waals surface area contributed by atoms with Crippen molar-refractivity contribution < 1.29 is 9.21 Å². The Morgan fingerprint density at radius 1 is 1.28 bits per heavy atom. The molecule has 3 aromatic rings. The minimum atomic E-state index is -0.368. The summed E-state index contributed by atoms with van der Waals surface area (Å²) in [5.41, 5.74) is 2.58. The van der Waals surface area contributed by atoms with Gasteiger partial charge in [-0.15, -0.1) is 0 Å². The van der Waals surface area contributed by atoms with E-state index < -0.39 is 0 Å². The molecule has 4 rings (SSSR count). The Kier molecular flexibility index (Phi) is 3.63. The van der Waals surface area contributed by atoms with Gasteiger partial charge >= 0.3 is 5.63 Å². The smallest absolute Gasteiger partial charge is 0.336 e. The molecule has 0 aliphatic carbocycles. The van der Waals surface area contributed by atoms with E-state index in [1.54, 1.807) is 6.07 Å². The maximum Gasteiger partial charge on any atom is 0.336 e. The van der Waals surface area contributed by atoms with Crippen molar-refractivity contribution in [3.63, 3.8) is 0 Å². The topological polar surface area (TPSA) is 90.0 Å². The fraction of sp³-hybridized carbons (Fsp3) is 0.333. The Bertz CT molecular complexity index is 1030. The van der Waals surface area contributed by atoms with Gasteiger partial charge in [-0.05, 0) is 43.5 Å². The van der Waals surface area contributed by atoms with Crippen molar-refractivity contribution >= 4 is 22.6 Å². The zero-order chi connectivity index (χ0) is 17.6. The summed E-state index contributed by atoms with van der Waals surface area (Å²) >= 11 is 0. The third kappa shape index (κ3) is 2.82. The van der Waals surface area contributed by atoms with Crippen LogP contribution >= 0.6 is 0 Å². The van der Waals surface area contributed by atoms with Gasteiger partial charge in [0.05, 0.1) is 0 Å². The molecule has 7 nitrogen and oxygen atoms in total. The van der Waals surface area contributed by atoms with E-state index in [1.807, 2.05) is 24.6 Å². The molecule has 0 radical (unpaired) electrons. The number of hydrogen-bond donors (Lipinski definition) is 1. The Hall–Kier alpha value is -2.96. The highest BCUT2D eigenvalue weighted by Crippen LogP contribution is 2.26. The lowest BCUT2D eigenvalue weighted by molar-refractivity contribution is -0.120. The number of amides is 1. The zero-order valence-corrected chi connectivity index (χ0v) is 14.1. The predicted octanol–water partition coefficient (Wildman–Crippen LogP) is 2.20. The van der Waals surface area contributed by atoms with Gasteiger partial charge in [0, 0.05) is 36.0 Å². The van der Waals surface area contributed by atoms with Gasteiger partial charge in [0.1, 0.15) is 17.7 Å². The molecule has 0 saturated carbocycles. The van der Waals surface area contributed by atoms with E-state index in [4.69, 9.17) is 4.42 Å². The molecule has 1 aliphatic rings. The Morgan fingerprint density at radius 2 is 2.12 bits per heavy atom. The molecule has 1 unspecified atom stereocenters. The standard InChI is InChI=1S/C18H18N4O3/c1-10-6-17(23)25-15-5-11(2)14(8-13(10)15)21-18(24)12-3-4-22-16(7-12)19-9-20-22/h5-6,8-9,12H,3-4,7H2,1-2H3,(H,21,24). The molecule has 2 aromatic heterocycles. The number of nitrogens with zero attached hydrogens (tertiary/aromatic N) is 3. The lowest BCUT2D eigenvalue weighted by Crippen LogP contribution is -2.31. The van der Waals surface area contributed by atoms with Crippen LogP contribution in [0.1, 0.15) is 23.4 Å². The number of nitrogens with one attached hydrogen (secondary N) is 1. The van der Waals surface area contributed by atoms with Crippen LogP contribution in [0.3, 0.4) is 0 Å². The first-order chi connectivity index (χ1) is 12.0. The summed E-state index contributed by atoms with van der Waals surface area (Å²) in [4.78, 5) is 28.4. The van der Waals surface area contributed by atoms with Crippen molar-refractivity contribution in [2.75, 3.05) is 5.32 Å². The third-order valence-corrected chi connectivity index (χ3v) is 4.74. The summed E-state index contributed by atoms with van der Waals surface area (Å²) in [6.07, 6.45) is 2.86. The number of anilines is 1. The van der Waals surface area contributed by atoms with Crippen LogP contribution in [0, 0.1) is 19.8 Å². The van der Waals surface area contributed by atoms with E-state index in [9.17, 15) is 9.59 Å². The minimum Gasteiger partial charge on any atom is -0.423 e. The van der Waals surface area contributed by atoms with E-state index in [0.29, 0.717) is 18.5 Å². The first-order valence-electron chi connectivity index (χ1n) is 8.24. The first kappa shape index (κ1) is 15.6. The number of fused-ring (bicyclic) bond motifs is 2. The van der Waals surface area contributed by atoms with Crippen LogP contribution in [0.15, 0.2) is 33.7 Å². The quantitative estimate of drug-likeness (QED) is 0.724. The molecule has 1 atom stereocenters. The molecule has 0 bridgehead atoms. The molecular weight excluding hydrogens is 320 g/mol. The largest absolute Gasteiger partial charge is 0.423 e. The summed E-state index contributed by atoms with van der Waals surface area (Å²) in [5.74, 6) is 0.701. The van der Waals surface area contributed by atoms with Gasteiger partial charge in [0.15, 0.2) is 0 Å². The summed E-state index contributed by atoms with van der Waals surface area (Å²) in [6, 6.07) is 5.11. The van der Waals surface area contributed by atoms with Gasteiger partial charge in [0.25, 0.3) is 0 Å². The van der Waals surface area contributed by atoms with Gasteiger partial charge in [-0.2, -0.15) is 5.10 Å². The average molecular weight is 338 g/mol. The molecule has 25 heavy (non-hydrogen) atoms. The second-order valence-electron chi connectivity index (χ2n) is 6.49. The number of carbonyl (C=O) groups excluding carboxylic acids is 1. The van der Waals surface area contributed by atoms with Crippen molar-refractivity contribution in [1.82, 2.24) is 14.8 Å². The second-order valence-corrected chi connectivity index (χ2v) is 6.49. The summed E-state index contributed by atoms with van der Waals surface area (Å²) < 4.78 is 7.09. The molecule has 0 saturated heterocycles. The van der Waals surface area contributed by atoms with Crippen molar-refractivity contribution in [2.45, 2.75) is 33.2 Å². The normalized spacial score (nSPS) is 16.6. The van der Waals surface area contributed by atoms with Gasteiger partial charge in [0.2, 0.25) is 5.91 Å². The summed E-state index contributed by atoms with van der Waals surface area (Å²) in [6.45, 7) is 4.44. The molecule has 7 heteroatoms. The van der Waals surface area contributed by atoms with E-state index in [-0.39, 0.29) is 17.5 Å². The number of carbonyl (C=O) groups is 1. The number of aryl methyl sites for hydroxylation is 3. The Morgan fingerprint density at radius 3 is 2.96 bits per heavy atom. The van der Waals surface area contributed by atoms with Gasteiger partial charge < -0.3 is 9.73 Å². The summed E-state index contributed by atoms with van der Waals surface area (Å²) in [5, 5.41) is 7.98. The predicted molar refractivity (Wildman–Crippen MR) is 92.4 cm³/mol. The van der Waals surface area contributed by atoms with Gasteiger partial charge in [-0.25, -0.2) is 9.78 Å². The minimum absolute atomic E-state index is 0.0215. The van der Waals surface area contributed by atoms with Crippen molar-refractivity contribution in [2.24, 2.45) is 5.92 Å². The van der Waals surface area contributed by atoms with E-state index in [2.05, 4.69) is 15.4 Å². The average Bonchev–Trinajstić information content (AvgIpc) is 3.03. The van der Waals surface area contributed by atoms with Crippen molar-refractivity contribution in [1.29, 1.82) is 0 Å². The highest BCUT2D eigenvalue weighted by Gasteiger charge is 2.26. The molecule has 0 spiro atoms. The molecule has 1 amide bonds. The number of hydrogen-bond acceptors (Lipinski definition) is 5. The summed E-state index contributed by atoms with van der Waals surface area (Å²) in [7, 11) is 0. The highest BCUT2D eigenvalue weighted by atomic mass is 16.4. The van der Waals surface area contributed by atoms with Gasteiger partial charge in [-0.1, -0.05) is 0 Å². The van der Waals surface area contributed by atoms with Crippen LogP contribution in [0.2, 0.25) is 0 Å². The molecule has 1 aromatic carbocycles. The molecule has 128 valence electrons. The van der Waals surface area contributed by atoms with Crippen LogP contribution in [0.4, 0.5) is 5.69 Å². The molecular formula is C18H18N4O3. The molecule has 1 aliphatic heterocycles. The van der Waals surface area contributed by atoms with Crippen molar-refractivity contribution in [3.8, 4) is 0 Å². The lowest BCUT2D eigenvalue weighted by atomic mass is 9.96. The fourth-order valence-electron chi connectivity index (χ4n) is 3.29. The zero-order valence-electron chi connectivity index (χ0n) is 14.1. The number of rotatable bonds is 2. The van der Waals surface area contributed by atoms with E-state index in [0.717, 1.165) is 34.4 Å². The van der Waals surface area contributed by atoms with Crippen molar-refractivity contribution in [3.05, 3.63) is 51.9 Å². The number of benzene rings is 1. The molecule has 0 fully saturated rings. The van der Waals surface area contributed by atoms with Crippen LogP contribution in [-0.2, 0) is 17.8 Å². The van der Waals surface area contributed by atoms with E-state index >= 15 is 0 Å². The van der Waals surface area contributed by atoms with Gasteiger partial charge in [-0.3, -0.25) is 9.48 Å². The maximum absolute atomic E-state index is 12.7. The number of aromatic nitrogens is 3. The van der Waals surface area contributed by atoms with Crippen LogP contribution in [-0.4, -0.2) is 20.7 Å². The lowest BCUT2D eigenvalue weighted by Gasteiger charge is -2.22. The highest BCUT2D eigenvalue weighted by molar-refractivity contribution is 5.96. The fourth-order valence-corrected chi connectivity index (χ4v) is 3.29. The maximum atomic E-state index is 12.7. The molecule has 3 heterocycles. The Balaban J connectivity index is 1.61. The Labute approximate surface area is 143 Å². The monoisotopic (exact) mass is 338 g/mol. The SMILES string of the molecule is Cc1cc2oc(=O)cc(C)c2cc1NC(=O)C1CCn2ncnc2C1. The molecule has 1 N–H and O–H groups in total. The van der Waals surface area contributed by atoms with Crippen LogP contribution in [0.25, 0.3) is 11.0 Å². The van der Waals surface area contributed by atoms with E-state index in [1.165, 1.54) is 12.4 Å². The first-order valence-corrected chi connectivity index (χ1v) is 8.24.